The summed E-state index contributed by atoms with van der Waals surface area (Å²) in [6.07, 6.45) is -2.95. The molecule has 2 rings (SSSR count). The summed E-state index contributed by atoms with van der Waals surface area (Å²) in [6, 6.07) is 6.36. The molecule has 0 aromatic heterocycles. The third-order valence-electron chi connectivity index (χ3n) is 2.80. The Kier molecular flexibility index (Phi) is 4.59. The van der Waals surface area contributed by atoms with Crippen molar-refractivity contribution in [2.24, 2.45) is 5.73 Å². The molecule has 2 N–H and O–H groups in total. The van der Waals surface area contributed by atoms with Crippen molar-refractivity contribution in [2.75, 3.05) is 13.1 Å². The lowest BCUT2D eigenvalue weighted by molar-refractivity contribution is -0.275. The third-order valence-corrected chi connectivity index (χ3v) is 3.96. The maximum atomic E-state index is 12.3. The second-order valence-corrected chi connectivity index (χ2v) is 5.49. The Morgan fingerprint density at radius 2 is 1.84 bits per heavy atom. The first-order valence-electron chi connectivity index (χ1n) is 5.97. The highest BCUT2D eigenvalue weighted by Crippen LogP contribution is 2.35. The number of rotatable bonds is 3. The van der Waals surface area contributed by atoms with Crippen molar-refractivity contribution in [2.45, 2.75) is 30.1 Å². The SMILES string of the molecule is NC1CCN(Sc2ccccc2OC(F)(F)F)CC1. The van der Waals surface area contributed by atoms with Crippen LogP contribution in [0.4, 0.5) is 13.2 Å². The van der Waals surface area contributed by atoms with Crippen LogP contribution < -0.4 is 10.5 Å². The summed E-state index contributed by atoms with van der Waals surface area (Å²) in [5.74, 6) is -0.158. The van der Waals surface area contributed by atoms with E-state index in [0.717, 1.165) is 25.9 Å². The van der Waals surface area contributed by atoms with Crippen LogP contribution >= 0.6 is 11.9 Å². The van der Waals surface area contributed by atoms with Gasteiger partial charge in [0, 0.05) is 19.1 Å². The summed E-state index contributed by atoms with van der Waals surface area (Å²) in [4.78, 5) is 0.468. The lowest BCUT2D eigenvalue weighted by Gasteiger charge is -2.29. The number of nitrogens with two attached hydrogens (primary N) is 1. The van der Waals surface area contributed by atoms with E-state index in [-0.39, 0.29) is 11.8 Å². The molecule has 1 fully saturated rings. The Bertz CT molecular complexity index is 420. The Balaban J connectivity index is 2.03. The van der Waals surface area contributed by atoms with E-state index in [4.69, 9.17) is 5.73 Å². The van der Waals surface area contributed by atoms with E-state index >= 15 is 0 Å². The highest BCUT2D eigenvalue weighted by molar-refractivity contribution is 7.97. The van der Waals surface area contributed by atoms with E-state index in [1.165, 1.54) is 24.1 Å². The van der Waals surface area contributed by atoms with E-state index in [1.54, 1.807) is 12.1 Å². The van der Waals surface area contributed by atoms with Crippen molar-refractivity contribution >= 4 is 11.9 Å². The molecule has 0 radical (unpaired) electrons. The molecular weight excluding hydrogens is 277 g/mol. The van der Waals surface area contributed by atoms with Crippen LogP contribution in [0.5, 0.6) is 5.75 Å². The topological polar surface area (TPSA) is 38.5 Å². The van der Waals surface area contributed by atoms with Crippen molar-refractivity contribution in [1.29, 1.82) is 0 Å². The van der Waals surface area contributed by atoms with Crippen LogP contribution in [0.3, 0.4) is 0 Å². The number of halogens is 3. The Morgan fingerprint density at radius 3 is 2.47 bits per heavy atom. The van der Waals surface area contributed by atoms with Crippen LogP contribution in [0.2, 0.25) is 0 Å². The van der Waals surface area contributed by atoms with Crippen molar-refractivity contribution in [3.05, 3.63) is 24.3 Å². The fourth-order valence-corrected chi connectivity index (χ4v) is 2.85. The molecule has 1 aliphatic heterocycles. The first-order chi connectivity index (χ1) is 8.94. The molecule has 0 unspecified atom stereocenters. The second kappa shape index (κ2) is 6.02. The van der Waals surface area contributed by atoms with Crippen LogP contribution in [0.1, 0.15) is 12.8 Å². The van der Waals surface area contributed by atoms with Gasteiger partial charge < -0.3 is 10.5 Å². The molecule has 1 aliphatic rings. The lowest BCUT2D eigenvalue weighted by Crippen LogP contribution is -2.36. The molecule has 0 bridgehead atoms. The van der Waals surface area contributed by atoms with Crippen molar-refractivity contribution < 1.29 is 17.9 Å². The highest BCUT2D eigenvalue weighted by atomic mass is 32.2. The molecule has 19 heavy (non-hydrogen) atoms. The number of ether oxygens (including phenoxy) is 1. The molecule has 0 atom stereocenters. The van der Waals surface area contributed by atoms with Gasteiger partial charge >= 0.3 is 6.36 Å². The number of para-hydroxylation sites is 1. The number of alkyl halides is 3. The minimum Gasteiger partial charge on any atom is -0.405 e. The van der Waals surface area contributed by atoms with Gasteiger partial charge in [-0.3, -0.25) is 0 Å². The first kappa shape index (κ1) is 14.5. The number of nitrogens with zero attached hydrogens (tertiary/aromatic N) is 1. The molecule has 0 saturated carbocycles. The molecular formula is C12H15F3N2OS. The van der Waals surface area contributed by atoms with Crippen molar-refractivity contribution in [3.63, 3.8) is 0 Å². The molecule has 1 aromatic rings. The summed E-state index contributed by atoms with van der Waals surface area (Å²) >= 11 is 1.29. The second-order valence-electron chi connectivity index (χ2n) is 4.35. The third kappa shape index (κ3) is 4.59. The van der Waals surface area contributed by atoms with Gasteiger partial charge in [0.1, 0.15) is 5.75 Å². The predicted molar refractivity (Wildman–Crippen MR) is 67.8 cm³/mol. The van der Waals surface area contributed by atoms with Gasteiger partial charge in [-0.15, -0.1) is 13.2 Å². The molecule has 3 nitrogen and oxygen atoms in total. The Morgan fingerprint density at radius 1 is 1.21 bits per heavy atom. The largest absolute Gasteiger partial charge is 0.573 e. The van der Waals surface area contributed by atoms with E-state index in [0.29, 0.717) is 4.90 Å². The first-order valence-corrected chi connectivity index (χ1v) is 6.74. The zero-order valence-corrected chi connectivity index (χ0v) is 11.0. The van der Waals surface area contributed by atoms with Gasteiger partial charge in [-0.05, 0) is 36.9 Å². The van der Waals surface area contributed by atoms with Crippen LogP contribution in [-0.4, -0.2) is 29.8 Å². The van der Waals surface area contributed by atoms with E-state index in [2.05, 4.69) is 4.74 Å². The molecule has 1 saturated heterocycles. The molecule has 1 heterocycles. The summed E-state index contributed by atoms with van der Waals surface area (Å²) < 4.78 is 42.9. The Hall–Kier alpha value is -0.920. The fourth-order valence-electron chi connectivity index (χ4n) is 1.84. The summed E-state index contributed by atoms with van der Waals surface area (Å²) in [7, 11) is 0. The maximum Gasteiger partial charge on any atom is 0.573 e. The van der Waals surface area contributed by atoms with Gasteiger partial charge in [-0.1, -0.05) is 12.1 Å². The quantitative estimate of drug-likeness (QED) is 0.869. The molecule has 1 aromatic carbocycles. The molecule has 0 aliphatic carbocycles. The normalized spacial score (nSPS) is 18.5. The van der Waals surface area contributed by atoms with Crippen LogP contribution in [-0.2, 0) is 0 Å². The number of piperidine rings is 1. The monoisotopic (exact) mass is 292 g/mol. The Labute approximate surface area is 114 Å². The van der Waals surface area contributed by atoms with Gasteiger partial charge in [-0.25, -0.2) is 4.31 Å². The van der Waals surface area contributed by atoms with E-state index < -0.39 is 6.36 Å². The minimum absolute atomic E-state index is 0.158. The molecule has 0 amide bonds. The molecule has 106 valence electrons. The van der Waals surface area contributed by atoms with E-state index in [9.17, 15) is 13.2 Å². The van der Waals surface area contributed by atoms with E-state index in [1.807, 2.05) is 4.31 Å². The molecule has 0 spiro atoms. The van der Waals surface area contributed by atoms with Crippen LogP contribution in [0, 0.1) is 0 Å². The van der Waals surface area contributed by atoms with Crippen molar-refractivity contribution in [1.82, 2.24) is 4.31 Å². The average molecular weight is 292 g/mol. The summed E-state index contributed by atoms with van der Waals surface area (Å²) in [6.45, 7) is 1.54. The average Bonchev–Trinajstić information content (AvgIpc) is 2.33. The lowest BCUT2D eigenvalue weighted by atomic mass is 10.1. The van der Waals surface area contributed by atoms with Gasteiger partial charge in [0.2, 0.25) is 0 Å². The number of benzene rings is 1. The molecule has 7 heteroatoms. The summed E-state index contributed by atoms with van der Waals surface area (Å²) in [5.41, 5.74) is 5.79. The van der Waals surface area contributed by atoms with Gasteiger partial charge in [0.15, 0.2) is 0 Å². The smallest absolute Gasteiger partial charge is 0.405 e. The van der Waals surface area contributed by atoms with Crippen molar-refractivity contribution in [3.8, 4) is 5.75 Å². The zero-order valence-electron chi connectivity index (χ0n) is 10.2. The number of hydrogen-bond acceptors (Lipinski definition) is 4. The standard InChI is InChI=1S/C12H15F3N2OS/c13-12(14,15)18-10-3-1-2-4-11(10)19-17-7-5-9(16)6-8-17/h1-4,9H,5-8,16H2. The van der Waals surface area contributed by atoms with Gasteiger partial charge in [0.05, 0.1) is 4.90 Å². The van der Waals surface area contributed by atoms with Gasteiger partial charge in [0.25, 0.3) is 0 Å². The highest BCUT2D eigenvalue weighted by Gasteiger charge is 2.32. The van der Waals surface area contributed by atoms with Gasteiger partial charge in [-0.2, -0.15) is 0 Å². The number of hydrogen-bond donors (Lipinski definition) is 1. The predicted octanol–water partition coefficient (Wildman–Crippen LogP) is 3.02. The maximum absolute atomic E-state index is 12.3. The summed E-state index contributed by atoms with van der Waals surface area (Å²) in [5, 5.41) is 0. The zero-order chi connectivity index (χ0) is 13.9. The van der Waals surface area contributed by atoms with Crippen LogP contribution in [0.15, 0.2) is 29.2 Å². The minimum atomic E-state index is -4.67. The fraction of sp³-hybridized carbons (Fsp3) is 0.500. The van der Waals surface area contributed by atoms with Crippen LogP contribution in [0.25, 0.3) is 0 Å².